The maximum atomic E-state index is 5.60. The highest BCUT2D eigenvalue weighted by atomic mass is 16.5. The standard InChI is InChI=1S/C17H23N3O2/c1-21-8-7-20-12-14(10-18-20)11-19-13-16(22-2)9-15-5-3-4-6-17(15)19/h3-6,10,12,16H,7-9,11,13H2,1-2H3. The molecule has 1 unspecified atom stereocenters. The summed E-state index contributed by atoms with van der Waals surface area (Å²) in [7, 11) is 3.50. The number of para-hydroxylation sites is 1. The largest absolute Gasteiger partial charge is 0.383 e. The third kappa shape index (κ3) is 3.31. The fraction of sp³-hybridized carbons (Fsp3) is 0.471. The molecule has 1 aromatic carbocycles. The molecule has 1 aliphatic rings. The molecule has 0 fully saturated rings. The number of ether oxygens (including phenoxy) is 2. The predicted molar refractivity (Wildman–Crippen MR) is 86.1 cm³/mol. The van der Waals surface area contributed by atoms with Gasteiger partial charge >= 0.3 is 0 Å². The number of benzene rings is 1. The van der Waals surface area contributed by atoms with Crippen LogP contribution in [0.1, 0.15) is 11.1 Å². The zero-order valence-corrected chi connectivity index (χ0v) is 13.2. The molecule has 22 heavy (non-hydrogen) atoms. The van der Waals surface area contributed by atoms with Crippen molar-refractivity contribution >= 4 is 5.69 Å². The van der Waals surface area contributed by atoms with E-state index in [0.717, 1.165) is 26.1 Å². The molecule has 0 spiro atoms. The lowest BCUT2D eigenvalue weighted by Gasteiger charge is -2.35. The van der Waals surface area contributed by atoms with Gasteiger partial charge in [-0.15, -0.1) is 0 Å². The molecule has 118 valence electrons. The highest BCUT2D eigenvalue weighted by molar-refractivity contribution is 5.56. The van der Waals surface area contributed by atoms with Crippen molar-refractivity contribution in [2.24, 2.45) is 0 Å². The number of nitrogens with zero attached hydrogens (tertiary/aromatic N) is 3. The van der Waals surface area contributed by atoms with Crippen LogP contribution in [0.25, 0.3) is 0 Å². The van der Waals surface area contributed by atoms with E-state index in [1.807, 2.05) is 10.9 Å². The van der Waals surface area contributed by atoms with Crippen molar-refractivity contribution in [2.75, 3.05) is 32.3 Å². The van der Waals surface area contributed by atoms with Crippen LogP contribution in [0.15, 0.2) is 36.7 Å². The molecular formula is C17H23N3O2. The van der Waals surface area contributed by atoms with Gasteiger partial charge in [0.15, 0.2) is 0 Å². The molecule has 1 aromatic heterocycles. The smallest absolute Gasteiger partial charge is 0.0787 e. The molecular weight excluding hydrogens is 278 g/mol. The van der Waals surface area contributed by atoms with Gasteiger partial charge in [0.2, 0.25) is 0 Å². The summed E-state index contributed by atoms with van der Waals surface area (Å²) in [6.45, 7) is 3.23. The van der Waals surface area contributed by atoms with E-state index in [4.69, 9.17) is 9.47 Å². The van der Waals surface area contributed by atoms with Gasteiger partial charge < -0.3 is 14.4 Å². The minimum absolute atomic E-state index is 0.249. The van der Waals surface area contributed by atoms with Crippen LogP contribution in [0.4, 0.5) is 5.69 Å². The molecule has 5 heteroatoms. The fourth-order valence-corrected chi connectivity index (χ4v) is 2.97. The first-order valence-electron chi connectivity index (χ1n) is 7.66. The maximum absolute atomic E-state index is 5.60. The molecule has 5 nitrogen and oxygen atoms in total. The molecule has 0 amide bonds. The highest BCUT2D eigenvalue weighted by Gasteiger charge is 2.24. The molecule has 0 saturated carbocycles. The lowest BCUT2D eigenvalue weighted by molar-refractivity contribution is 0.104. The normalized spacial score (nSPS) is 17.5. The summed E-state index contributed by atoms with van der Waals surface area (Å²) < 4.78 is 12.6. The Labute approximate surface area is 131 Å². The van der Waals surface area contributed by atoms with Crippen LogP contribution in [0, 0.1) is 0 Å². The van der Waals surface area contributed by atoms with E-state index >= 15 is 0 Å². The van der Waals surface area contributed by atoms with Crippen LogP contribution >= 0.6 is 0 Å². The van der Waals surface area contributed by atoms with Gasteiger partial charge in [-0.05, 0) is 11.6 Å². The van der Waals surface area contributed by atoms with Crippen molar-refractivity contribution in [1.29, 1.82) is 0 Å². The van der Waals surface area contributed by atoms with Gasteiger partial charge in [-0.3, -0.25) is 4.68 Å². The van der Waals surface area contributed by atoms with Crippen molar-refractivity contribution in [1.82, 2.24) is 9.78 Å². The van der Waals surface area contributed by atoms with E-state index in [1.165, 1.54) is 16.8 Å². The summed E-state index contributed by atoms with van der Waals surface area (Å²) in [5, 5.41) is 4.39. The zero-order chi connectivity index (χ0) is 15.4. The number of hydrogen-bond acceptors (Lipinski definition) is 4. The van der Waals surface area contributed by atoms with E-state index in [1.54, 1.807) is 14.2 Å². The number of fused-ring (bicyclic) bond motifs is 1. The Kier molecular flexibility index (Phi) is 4.75. The van der Waals surface area contributed by atoms with Gasteiger partial charge in [-0.2, -0.15) is 5.10 Å². The molecule has 0 bridgehead atoms. The van der Waals surface area contributed by atoms with Crippen molar-refractivity contribution < 1.29 is 9.47 Å². The fourth-order valence-electron chi connectivity index (χ4n) is 2.97. The topological polar surface area (TPSA) is 39.5 Å². The van der Waals surface area contributed by atoms with E-state index in [-0.39, 0.29) is 6.10 Å². The van der Waals surface area contributed by atoms with Gasteiger partial charge in [0.05, 0.1) is 25.5 Å². The zero-order valence-electron chi connectivity index (χ0n) is 13.2. The minimum atomic E-state index is 0.249. The van der Waals surface area contributed by atoms with Gasteiger partial charge in [-0.25, -0.2) is 0 Å². The first-order valence-corrected chi connectivity index (χ1v) is 7.66. The monoisotopic (exact) mass is 301 g/mol. The van der Waals surface area contributed by atoms with Gasteiger partial charge in [-0.1, -0.05) is 18.2 Å². The summed E-state index contributed by atoms with van der Waals surface area (Å²) >= 11 is 0. The molecule has 1 atom stereocenters. The van der Waals surface area contributed by atoms with Crippen molar-refractivity contribution in [2.45, 2.75) is 25.6 Å². The molecule has 3 rings (SSSR count). The Bertz CT molecular complexity index is 611. The van der Waals surface area contributed by atoms with Crippen LogP contribution in [0.5, 0.6) is 0 Å². The summed E-state index contributed by atoms with van der Waals surface area (Å²) in [5.74, 6) is 0. The second kappa shape index (κ2) is 6.94. The third-order valence-electron chi connectivity index (χ3n) is 4.12. The first-order chi connectivity index (χ1) is 10.8. The third-order valence-corrected chi connectivity index (χ3v) is 4.12. The Hall–Kier alpha value is -1.85. The van der Waals surface area contributed by atoms with E-state index in [2.05, 4.69) is 40.5 Å². The predicted octanol–water partition coefficient (Wildman–Crippen LogP) is 2.11. The molecule has 0 aliphatic carbocycles. The van der Waals surface area contributed by atoms with E-state index in [9.17, 15) is 0 Å². The number of methoxy groups -OCH3 is 2. The lowest BCUT2D eigenvalue weighted by atomic mass is 9.99. The van der Waals surface area contributed by atoms with Crippen LogP contribution in [0.2, 0.25) is 0 Å². The molecule has 2 aromatic rings. The molecule has 1 aliphatic heterocycles. The van der Waals surface area contributed by atoms with Crippen LogP contribution < -0.4 is 4.90 Å². The van der Waals surface area contributed by atoms with Gasteiger partial charge in [0, 0.05) is 51.2 Å². The molecule has 2 heterocycles. The Morgan fingerprint density at radius 2 is 2.14 bits per heavy atom. The number of anilines is 1. The molecule has 0 radical (unpaired) electrons. The second-order valence-corrected chi connectivity index (χ2v) is 5.68. The lowest BCUT2D eigenvalue weighted by Crippen LogP contribution is -2.39. The summed E-state index contributed by atoms with van der Waals surface area (Å²) in [6, 6.07) is 8.57. The van der Waals surface area contributed by atoms with Crippen LogP contribution in [0.3, 0.4) is 0 Å². The number of hydrogen-bond donors (Lipinski definition) is 0. The summed E-state index contributed by atoms with van der Waals surface area (Å²) in [4.78, 5) is 2.38. The average Bonchev–Trinajstić information content (AvgIpc) is 3.00. The van der Waals surface area contributed by atoms with Crippen molar-refractivity contribution in [3.63, 3.8) is 0 Å². The van der Waals surface area contributed by atoms with Gasteiger partial charge in [0.1, 0.15) is 0 Å². The Morgan fingerprint density at radius 3 is 2.95 bits per heavy atom. The first kappa shape index (κ1) is 15.1. The van der Waals surface area contributed by atoms with Crippen LogP contribution in [-0.4, -0.2) is 43.3 Å². The van der Waals surface area contributed by atoms with Crippen molar-refractivity contribution in [3.8, 4) is 0 Å². The summed E-state index contributed by atoms with van der Waals surface area (Å²) in [5.41, 5.74) is 3.87. The minimum Gasteiger partial charge on any atom is -0.383 e. The number of rotatable bonds is 6. The quantitative estimate of drug-likeness (QED) is 0.819. The Balaban J connectivity index is 1.75. The maximum Gasteiger partial charge on any atom is 0.0787 e. The van der Waals surface area contributed by atoms with Crippen molar-refractivity contribution in [3.05, 3.63) is 47.8 Å². The Morgan fingerprint density at radius 1 is 1.27 bits per heavy atom. The number of aromatic nitrogens is 2. The summed E-state index contributed by atoms with van der Waals surface area (Å²) in [6.07, 6.45) is 5.27. The van der Waals surface area contributed by atoms with Gasteiger partial charge in [0.25, 0.3) is 0 Å². The molecule has 0 saturated heterocycles. The SMILES string of the molecule is COCCn1cc(CN2CC(OC)Cc3ccccc32)cn1. The van der Waals surface area contributed by atoms with E-state index < -0.39 is 0 Å². The van der Waals surface area contributed by atoms with E-state index in [0.29, 0.717) is 6.61 Å². The van der Waals surface area contributed by atoms with Crippen LogP contribution in [-0.2, 0) is 29.0 Å². The second-order valence-electron chi connectivity index (χ2n) is 5.68. The molecule has 0 N–H and O–H groups in total. The average molecular weight is 301 g/mol. The highest BCUT2D eigenvalue weighted by Crippen LogP contribution is 2.29.